The van der Waals surface area contributed by atoms with Gasteiger partial charge in [0.15, 0.2) is 0 Å². The second-order valence-electron chi connectivity index (χ2n) is 5.60. The first kappa shape index (κ1) is 17.0. The number of halogens is 1. The lowest BCUT2D eigenvalue weighted by molar-refractivity contribution is -0.384. The summed E-state index contributed by atoms with van der Waals surface area (Å²) in [5.41, 5.74) is 1.11. The van der Waals surface area contributed by atoms with Crippen molar-refractivity contribution in [1.82, 2.24) is 9.88 Å². The number of carbonyl (C=O) groups is 1. The van der Waals surface area contributed by atoms with Crippen LogP contribution in [0.15, 0.2) is 54.7 Å². The number of amides is 1. The summed E-state index contributed by atoms with van der Waals surface area (Å²) >= 11 is 5.75. The Bertz CT molecular complexity index is 936. The van der Waals surface area contributed by atoms with Gasteiger partial charge >= 0.3 is 0 Å². The van der Waals surface area contributed by atoms with Crippen LogP contribution in [0.5, 0.6) is 0 Å². The summed E-state index contributed by atoms with van der Waals surface area (Å²) in [6, 6.07) is 14.2. The minimum Gasteiger partial charge on any atom is -0.352 e. The number of nitro groups is 1. The van der Waals surface area contributed by atoms with E-state index >= 15 is 0 Å². The Hall–Kier alpha value is -2.86. The summed E-state index contributed by atoms with van der Waals surface area (Å²) in [4.78, 5) is 22.4. The largest absolute Gasteiger partial charge is 0.352 e. The highest BCUT2D eigenvalue weighted by atomic mass is 35.5. The van der Waals surface area contributed by atoms with E-state index in [1.807, 2.05) is 18.3 Å². The molecule has 3 aromatic rings. The zero-order valence-electron chi connectivity index (χ0n) is 13.3. The van der Waals surface area contributed by atoms with Crippen molar-refractivity contribution in [2.75, 3.05) is 6.54 Å². The van der Waals surface area contributed by atoms with Crippen molar-refractivity contribution in [3.63, 3.8) is 0 Å². The molecular weight excluding hydrogens is 342 g/mol. The van der Waals surface area contributed by atoms with Crippen molar-refractivity contribution in [1.29, 1.82) is 0 Å². The van der Waals surface area contributed by atoms with E-state index in [9.17, 15) is 14.9 Å². The highest BCUT2D eigenvalue weighted by Crippen LogP contribution is 2.25. The molecule has 0 saturated carbocycles. The van der Waals surface area contributed by atoms with Gasteiger partial charge in [0.2, 0.25) is 0 Å². The lowest BCUT2D eigenvalue weighted by Gasteiger charge is -2.08. The van der Waals surface area contributed by atoms with Crippen LogP contribution in [0.2, 0.25) is 5.02 Å². The van der Waals surface area contributed by atoms with Gasteiger partial charge in [-0.25, -0.2) is 0 Å². The summed E-state index contributed by atoms with van der Waals surface area (Å²) < 4.78 is 2.13. The van der Waals surface area contributed by atoms with Crippen LogP contribution in [0.3, 0.4) is 0 Å². The fraction of sp³-hybridized carbons (Fsp3) is 0.167. The second kappa shape index (κ2) is 7.36. The van der Waals surface area contributed by atoms with E-state index < -0.39 is 4.92 Å². The van der Waals surface area contributed by atoms with Crippen molar-refractivity contribution < 1.29 is 9.72 Å². The molecule has 6 nitrogen and oxygen atoms in total. The third-order valence-electron chi connectivity index (χ3n) is 3.95. The lowest BCUT2D eigenvalue weighted by atomic mass is 10.2. The third kappa shape index (κ3) is 3.80. The minimum atomic E-state index is -0.601. The molecular formula is C18H16ClN3O3. The number of aryl methyl sites for hydroxylation is 1. The zero-order valence-corrected chi connectivity index (χ0v) is 14.1. The molecule has 2 aromatic carbocycles. The van der Waals surface area contributed by atoms with Crippen LogP contribution < -0.4 is 5.32 Å². The molecule has 0 bridgehead atoms. The Labute approximate surface area is 149 Å². The summed E-state index contributed by atoms with van der Waals surface area (Å²) in [7, 11) is 0. The Morgan fingerprint density at radius 2 is 2.00 bits per heavy atom. The van der Waals surface area contributed by atoms with E-state index in [2.05, 4.69) is 28.1 Å². The fourth-order valence-corrected chi connectivity index (χ4v) is 2.87. The van der Waals surface area contributed by atoms with Crippen molar-refractivity contribution in [3.05, 3.63) is 75.4 Å². The predicted molar refractivity (Wildman–Crippen MR) is 97.0 cm³/mol. The van der Waals surface area contributed by atoms with Gasteiger partial charge in [0.05, 0.1) is 4.92 Å². The van der Waals surface area contributed by atoms with E-state index in [-0.39, 0.29) is 22.2 Å². The number of carbonyl (C=O) groups excluding carboxylic acids is 1. The summed E-state index contributed by atoms with van der Waals surface area (Å²) in [6.45, 7) is 1.25. The molecule has 0 spiro atoms. The van der Waals surface area contributed by atoms with Gasteiger partial charge in [0.1, 0.15) is 5.02 Å². The molecule has 0 radical (unpaired) electrons. The summed E-state index contributed by atoms with van der Waals surface area (Å²) in [5, 5.41) is 14.9. The van der Waals surface area contributed by atoms with Gasteiger partial charge in [-0.05, 0) is 36.1 Å². The first-order chi connectivity index (χ1) is 12.1. The molecule has 0 aliphatic carbocycles. The SMILES string of the molecule is O=C(NCCCn1ccc2ccccc21)c1ccc(Cl)c([N+](=O)[O-])c1. The van der Waals surface area contributed by atoms with Crippen molar-refractivity contribution in [2.45, 2.75) is 13.0 Å². The smallest absolute Gasteiger partial charge is 0.288 e. The highest BCUT2D eigenvalue weighted by Gasteiger charge is 2.15. The first-order valence-electron chi connectivity index (χ1n) is 7.82. The van der Waals surface area contributed by atoms with E-state index in [4.69, 9.17) is 11.6 Å². The number of rotatable bonds is 6. The molecule has 1 aromatic heterocycles. The number of para-hydroxylation sites is 1. The average Bonchev–Trinajstić information content (AvgIpc) is 3.02. The van der Waals surface area contributed by atoms with Gasteiger partial charge in [-0.1, -0.05) is 29.8 Å². The molecule has 0 aliphatic heterocycles. The topological polar surface area (TPSA) is 77.2 Å². The van der Waals surface area contributed by atoms with Crippen LogP contribution in [0.25, 0.3) is 10.9 Å². The molecule has 0 atom stereocenters. The monoisotopic (exact) mass is 357 g/mol. The number of nitrogens with one attached hydrogen (secondary N) is 1. The Morgan fingerprint density at radius 1 is 1.20 bits per heavy atom. The van der Waals surface area contributed by atoms with Crippen LogP contribution in [0.1, 0.15) is 16.8 Å². The number of aromatic nitrogens is 1. The second-order valence-corrected chi connectivity index (χ2v) is 6.01. The maximum atomic E-state index is 12.1. The van der Waals surface area contributed by atoms with Crippen LogP contribution in [-0.2, 0) is 6.54 Å². The molecule has 7 heteroatoms. The first-order valence-corrected chi connectivity index (χ1v) is 8.20. The van der Waals surface area contributed by atoms with Gasteiger partial charge in [-0.15, -0.1) is 0 Å². The van der Waals surface area contributed by atoms with Crippen molar-refractivity contribution >= 4 is 34.1 Å². The number of hydrogen-bond donors (Lipinski definition) is 1. The molecule has 128 valence electrons. The molecule has 1 N–H and O–H groups in total. The van der Waals surface area contributed by atoms with E-state index in [1.54, 1.807) is 0 Å². The highest BCUT2D eigenvalue weighted by molar-refractivity contribution is 6.32. The quantitative estimate of drug-likeness (QED) is 0.411. The molecule has 0 fully saturated rings. The standard InChI is InChI=1S/C18H16ClN3O3/c19-15-7-6-14(12-17(15)22(24)25)18(23)20-9-3-10-21-11-8-13-4-1-2-5-16(13)21/h1-2,4-8,11-12H,3,9-10H2,(H,20,23). The lowest BCUT2D eigenvalue weighted by Crippen LogP contribution is -2.25. The Morgan fingerprint density at radius 3 is 2.80 bits per heavy atom. The minimum absolute atomic E-state index is 0.0148. The number of nitrogens with zero attached hydrogens (tertiary/aromatic N) is 2. The molecule has 1 heterocycles. The Kier molecular flexibility index (Phi) is 5.00. The van der Waals surface area contributed by atoms with Gasteiger partial charge in [-0.3, -0.25) is 14.9 Å². The zero-order chi connectivity index (χ0) is 17.8. The fourth-order valence-electron chi connectivity index (χ4n) is 2.68. The Balaban J connectivity index is 1.56. The van der Waals surface area contributed by atoms with E-state index in [0.717, 1.165) is 18.5 Å². The van der Waals surface area contributed by atoms with E-state index in [0.29, 0.717) is 6.54 Å². The average molecular weight is 358 g/mol. The summed E-state index contributed by atoms with van der Waals surface area (Å²) in [5.74, 6) is -0.350. The molecule has 0 unspecified atom stereocenters. The van der Waals surface area contributed by atoms with E-state index in [1.165, 1.54) is 23.6 Å². The molecule has 0 saturated heterocycles. The third-order valence-corrected chi connectivity index (χ3v) is 4.27. The van der Waals surface area contributed by atoms with Gasteiger partial charge in [0.25, 0.3) is 11.6 Å². The number of fused-ring (bicyclic) bond motifs is 1. The maximum Gasteiger partial charge on any atom is 0.288 e. The normalized spacial score (nSPS) is 10.8. The van der Waals surface area contributed by atoms with Gasteiger partial charge < -0.3 is 9.88 Å². The summed E-state index contributed by atoms with van der Waals surface area (Å²) in [6.07, 6.45) is 2.77. The molecule has 1 amide bonds. The van der Waals surface area contributed by atoms with Gasteiger partial charge in [-0.2, -0.15) is 0 Å². The molecule has 3 rings (SSSR count). The van der Waals surface area contributed by atoms with Crippen LogP contribution in [-0.4, -0.2) is 21.9 Å². The van der Waals surface area contributed by atoms with Crippen LogP contribution >= 0.6 is 11.6 Å². The number of benzene rings is 2. The number of hydrogen-bond acceptors (Lipinski definition) is 3. The maximum absolute atomic E-state index is 12.1. The molecule has 0 aliphatic rings. The predicted octanol–water partition coefficient (Wildman–Crippen LogP) is 4.02. The number of nitro benzene ring substituents is 1. The van der Waals surface area contributed by atoms with Crippen LogP contribution in [0, 0.1) is 10.1 Å². The van der Waals surface area contributed by atoms with Crippen LogP contribution in [0.4, 0.5) is 5.69 Å². The van der Waals surface area contributed by atoms with Crippen molar-refractivity contribution in [2.24, 2.45) is 0 Å². The van der Waals surface area contributed by atoms with Gasteiger partial charge in [0, 0.05) is 36.4 Å². The molecule has 25 heavy (non-hydrogen) atoms. The van der Waals surface area contributed by atoms with Crippen molar-refractivity contribution in [3.8, 4) is 0 Å².